The van der Waals surface area contributed by atoms with Gasteiger partial charge in [-0.25, -0.2) is 9.97 Å². The normalized spacial score (nSPS) is 28.6. The molecule has 4 rings (SSSR count). The van der Waals surface area contributed by atoms with Crippen LogP contribution in [0.2, 0.25) is 0 Å². The standard InChI is InChI=1S/C18H28N4.C4H9NO.C2H6/c1-13-19-9-15(10-20-13)14-3-5-16(6-4-14)22-11-17-7-8-18(12-22)21(17)2;1-3-4(6)5-2;1-2/h9-10,14,16-18H,3-8,11-12H2,1-2H3;3H2,1-2H3,(H,5,6);1-2H3. The zero-order valence-corrected chi connectivity index (χ0v) is 20.0. The molecule has 2 saturated heterocycles. The largest absolute Gasteiger partial charge is 0.359 e. The van der Waals surface area contributed by atoms with Crippen LogP contribution in [0.5, 0.6) is 0 Å². The van der Waals surface area contributed by atoms with Crippen LogP contribution in [-0.2, 0) is 4.79 Å². The zero-order valence-electron chi connectivity index (χ0n) is 20.0. The van der Waals surface area contributed by atoms with Crippen molar-refractivity contribution in [2.45, 2.75) is 96.7 Å². The van der Waals surface area contributed by atoms with Crippen LogP contribution in [0.25, 0.3) is 0 Å². The highest BCUT2D eigenvalue weighted by atomic mass is 16.1. The summed E-state index contributed by atoms with van der Waals surface area (Å²) >= 11 is 0. The third-order valence-electron chi connectivity index (χ3n) is 6.96. The summed E-state index contributed by atoms with van der Waals surface area (Å²) in [6, 6.07) is 2.46. The molecule has 2 aliphatic heterocycles. The van der Waals surface area contributed by atoms with Crippen molar-refractivity contribution in [1.82, 2.24) is 25.1 Å². The van der Waals surface area contributed by atoms with Gasteiger partial charge in [-0.05, 0) is 64.0 Å². The Morgan fingerprint density at radius 2 is 1.50 bits per heavy atom. The number of aryl methyl sites for hydroxylation is 1. The topological polar surface area (TPSA) is 61.4 Å². The van der Waals surface area contributed by atoms with Crippen LogP contribution in [0.3, 0.4) is 0 Å². The van der Waals surface area contributed by atoms with Crippen molar-refractivity contribution < 1.29 is 4.79 Å². The maximum Gasteiger partial charge on any atom is 0.219 e. The Labute approximate surface area is 183 Å². The monoisotopic (exact) mass is 417 g/mol. The van der Waals surface area contributed by atoms with E-state index in [1.165, 1.54) is 57.2 Å². The predicted octanol–water partition coefficient (Wildman–Crippen LogP) is 3.76. The van der Waals surface area contributed by atoms with E-state index in [4.69, 9.17) is 0 Å². The summed E-state index contributed by atoms with van der Waals surface area (Å²) in [6.07, 6.45) is 12.8. The van der Waals surface area contributed by atoms with Crippen molar-refractivity contribution >= 4 is 5.91 Å². The molecule has 0 aromatic carbocycles. The van der Waals surface area contributed by atoms with Crippen molar-refractivity contribution in [2.75, 3.05) is 27.2 Å². The second-order valence-corrected chi connectivity index (χ2v) is 8.60. The summed E-state index contributed by atoms with van der Waals surface area (Å²) in [5.74, 6) is 1.65. The molecule has 1 N–H and O–H groups in total. The van der Waals surface area contributed by atoms with Crippen LogP contribution >= 0.6 is 0 Å². The minimum absolute atomic E-state index is 0.0926. The molecule has 3 fully saturated rings. The van der Waals surface area contributed by atoms with Gasteiger partial charge in [-0.15, -0.1) is 0 Å². The van der Waals surface area contributed by atoms with E-state index >= 15 is 0 Å². The first-order valence-corrected chi connectivity index (χ1v) is 12.0. The van der Waals surface area contributed by atoms with Gasteiger partial charge < -0.3 is 5.32 Å². The number of carbonyl (C=O) groups excluding carboxylic acids is 1. The Kier molecular flexibility index (Phi) is 10.2. The van der Waals surface area contributed by atoms with Crippen LogP contribution in [0.4, 0.5) is 0 Å². The molecule has 1 aromatic rings. The molecule has 2 unspecified atom stereocenters. The van der Waals surface area contributed by atoms with Gasteiger partial charge in [0.1, 0.15) is 5.82 Å². The third kappa shape index (κ3) is 6.48. The number of fused-ring (bicyclic) bond motifs is 2. The Balaban J connectivity index is 0.000000348. The van der Waals surface area contributed by atoms with E-state index in [9.17, 15) is 4.79 Å². The van der Waals surface area contributed by atoms with Crippen LogP contribution < -0.4 is 5.32 Å². The number of piperazine rings is 1. The Morgan fingerprint density at radius 1 is 1.00 bits per heavy atom. The second kappa shape index (κ2) is 12.4. The Morgan fingerprint density at radius 3 is 1.93 bits per heavy atom. The average Bonchev–Trinajstić information content (AvgIpc) is 3.00. The number of hydrogen-bond acceptors (Lipinski definition) is 5. The first kappa shape index (κ1) is 24.7. The SMILES string of the molecule is CC.CCC(=O)NC.Cc1ncc(C2CCC(N3CC4CCC(C3)N4C)CC2)cn1. The molecule has 3 heterocycles. The van der Waals surface area contributed by atoms with E-state index in [1.807, 2.05) is 40.1 Å². The lowest BCUT2D eigenvalue weighted by molar-refractivity contribution is -0.120. The van der Waals surface area contributed by atoms with Gasteiger partial charge in [-0.3, -0.25) is 14.6 Å². The van der Waals surface area contributed by atoms with Gasteiger partial charge in [0.25, 0.3) is 0 Å². The van der Waals surface area contributed by atoms with Crippen molar-refractivity contribution in [2.24, 2.45) is 0 Å². The maximum atomic E-state index is 10.1. The van der Waals surface area contributed by atoms with E-state index in [0.29, 0.717) is 12.3 Å². The fourth-order valence-electron chi connectivity index (χ4n) is 5.01. The van der Waals surface area contributed by atoms with Crippen molar-refractivity contribution in [3.8, 4) is 0 Å². The summed E-state index contributed by atoms with van der Waals surface area (Å²) in [5.41, 5.74) is 1.35. The number of nitrogens with one attached hydrogen (secondary N) is 1. The van der Waals surface area contributed by atoms with Gasteiger partial charge in [0.15, 0.2) is 0 Å². The lowest BCUT2D eigenvalue weighted by Gasteiger charge is -2.44. The van der Waals surface area contributed by atoms with Crippen LogP contribution in [0, 0.1) is 6.92 Å². The molecule has 1 saturated carbocycles. The van der Waals surface area contributed by atoms with Gasteiger partial charge in [-0.2, -0.15) is 0 Å². The van der Waals surface area contributed by atoms with Crippen LogP contribution in [-0.4, -0.2) is 71.0 Å². The molecule has 1 amide bonds. The molecule has 30 heavy (non-hydrogen) atoms. The number of rotatable bonds is 3. The summed E-state index contributed by atoms with van der Waals surface area (Å²) in [7, 11) is 3.96. The number of carbonyl (C=O) groups is 1. The molecule has 0 radical (unpaired) electrons. The molecule has 3 aliphatic rings. The number of aromatic nitrogens is 2. The minimum atomic E-state index is 0.0926. The van der Waals surface area contributed by atoms with E-state index in [1.54, 1.807) is 7.05 Å². The maximum absolute atomic E-state index is 10.1. The number of likely N-dealkylation sites (N-methyl/N-ethyl adjacent to an activating group) is 1. The average molecular weight is 418 g/mol. The highest BCUT2D eigenvalue weighted by Crippen LogP contribution is 2.37. The lowest BCUT2D eigenvalue weighted by atomic mass is 9.82. The Bertz CT molecular complexity index is 607. The summed E-state index contributed by atoms with van der Waals surface area (Å²) in [6.45, 7) is 10.4. The Hall–Kier alpha value is -1.53. The van der Waals surface area contributed by atoms with Crippen molar-refractivity contribution in [3.63, 3.8) is 0 Å². The van der Waals surface area contributed by atoms with E-state index < -0.39 is 0 Å². The number of nitrogens with zero attached hydrogens (tertiary/aromatic N) is 4. The van der Waals surface area contributed by atoms with Gasteiger partial charge >= 0.3 is 0 Å². The van der Waals surface area contributed by atoms with Crippen LogP contribution in [0.15, 0.2) is 12.4 Å². The predicted molar refractivity (Wildman–Crippen MR) is 124 cm³/mol. The highest BCUT2D eigenvalue weighted by Gasteiger charge is 2.40. The first-order valence-electron chi connectivity index (χ1n) is 12.0. The quantitative estimate of drug-likeness (QED) is 0.811. The molecular formula is C24H43N5O. The van der Waals surface area contributed by atoms with E-state index in [2.05, 4.69) is 32.1 Å². The smallest absolute Gasteiger partial charge is 0.219 e. The molecule has 6 heteroatoms. The second-order valence-electron chi connectivity index (χ2n) is 8.60. The fourth-order valence-corrected chi connectivity index (χ4v) is 5.01. The van der Waals surface area contributed by atoms with Gasteiger partial charge in [-0.1, -0.05) is 20.8 Å². The molecular weight excluding hydrogens is 374 g/mol. The first-order chi connectivity index (χ1) is 14.5. The number of hydrogen-bond donors (Lipinski definition) is 1. The molecule has 6 nitrogen and oxygen atoms in total. The van der Waals surface area contributed by atoms with Gasteiger partial charge in [0.05, 0.1) is 0 Å². The molecule has 1 aromatic heterocycles. The molecule has 1 aliphatic carbocycles. The minimum Gasteiger partial charge on any atom is -0.359 e. The van der Waals surface area contributed by atoms with Crippen LogP contribution in [0.1, 0.15) is 83.0 Å². The lowest BCUT2D eigenvalue weighted by Crippen LogP contribution is -2.55. The summed E-state index contributed by atoms with van der Waals surface area (Å²) in [5, 5.41) is 2.48. The third-order valence-corrected chi connectivity index (χ3v) is 6.96. The number of likely N-dealkylation sites (tertiary alicyclic amines) is 1. The highest BCUT2D eigenvalue weighted by molar-refractivity contribution is 5.74. The van der Waals surface area contributed by atoms with E-state index in [0.717, 1.165) is 23.9 Å². The molecule has 0 spiro atoms. The van der Waals surface area contributed by atoms with E-state index in [-0.39, 0.29) is 5.91 Å². The molecule has 2 bridgehead atoms. The molecule has 170 valence electrons. The zero-order chi connectivity index (χ0) is 22.1. The van der Waals surface area contributed by atoms with Gasteiger partial charge in [0.2, 0.25) is 5.91 Å². The van der Waals surface area contributed by atoms with Crippen molar-refractivity contribution in [3.05, 3.63) is 23.8 Å². The summed E-state index contributed by atoms with van der Waals surface area (Å²) in [4.78, 5) is 24.3. The molecule has 2 atom stereocenters. The number of amides is 1. The summed E-state index contributed by atoms with van der Waals surface area (Å²) < 4.78 is 0. The van der Waals surface area contributed by atoms with Crippen molar-refractivity contribution in [1.29, 1.82) is 0 Å². The fraction of sp³-hybridized carbons (Fsp3) is 0.792. The van der Waals surface area contributed by atoms with Gasteiger partial charge in [0, 0.05) is 57.1 Å².